The fourth-order valence-electron chi connectivity index (χ4n) is 1.92. The number of benzene rings is 2. The number of esters is 1. The Hall–Kier alpha value is -2.00. The maximum absolute atomic E-state index is 11.7. The van der Waals surface area contributed by atoms with Gasteiger partial charge in [-0.05, 0) is 24.6 Å². The largest absolute Gasteiger partial charge is 0.461 e. The van der Waals surface area contributed by atoms with Gasteiger partial charge >= 0.3 is 5.97 Å². The van der Waals surface area contributed by atoms with Gasteiger partial charge in [0.1, 0.15) is 6.61 Å². The van der Waals surface area contributed by atoms with Crippen molar-refractivity contribution in [2.75, 3.05) is 11.9 Å². The normalized spacial score (nSPS) is 10.2. The van der Waals surface area contributed by atoms with Crippen LogP contribution in [0.2, 0.25) is 5.02 Å². The molecule has 0 radical (unpaired) electrons. The van der Waals surface area contributed by atoms with Gasteiger partial charge in [-0.2, -0.15) is 0 Å². The highest BCUT2D eigenvalue weighted by Crippen LogP contribution is 2.16. The second kappa shape index (κ2) is 7.70. The Kier molecular flexibility index (Phi) is 5.64. The lowest BCUT2D eigenvalue weighted by Crippen LogP contribution is -2.12. The molecule has 0 aromatic heterocycles. The zero-order valence-electron chi connectivity index (χ0n) is 11.9. The number of ether oxygens (including phenoxy) is 1. The molecule has 0 aliphatic carbocycles. The van der Waals surface area contributed by atoms with E-state index in [0.717, 1.165) is 16.8 Å². The quantitative estimate of drug-likeness (QED) is 0.813. The smallest absolute Gasteiger partial charge is 0.307 e. The van der Waals surface area contributed by atoms with Crippen LogP contribution in [0.4, 0.5) is 5.69 Å². The Balaban J connectivity index is 1.73. The molecule has 2 aromatic carbocycles. The van der Waals surface area contributed by atoms with Gasteiger partial charge in [-0.15, -0.1) is 0 Å². The minimum Gasteiger partial charge on any atom is -0.461 e. The highest BCUT2D eigenvalue weighted by atomic mass is 35.5. The minimum absolute atomic E-state index is 0.211. The van der Waals surface area contributed by atoms with Gasteiger partial charge in [0.25, 0.3) is 0 Å². The molecule has 4 heteroatoms. The van der Waals surface area contributed by atoms with Gasteiger partial charge in [0.15, 0.2) is 0 Å². The van der Waals surface area contributed by atoms with Crippen LogP contribution in [0, 0.1) is 6.92 Å². The van der Waals surface area contributed by atoms with E-state index in [1.54, 1.807) is 6.07 Å². The van der Waals surface area contributed by atoms with Gasteiger partial charge < -0.3 is 10.1 Å². The van der Waals surface area contributed by atoms with Gasteiger partial charge in [-0.1, -0.05) is 48.0 Å². The summed E-state index contributed by atoms with van der Waals surface area (Å²) in [4.78, 5) is 11.7. The lowest BCUT2D eigenvalue weighted by molar-refractivity contribution is -0.144. The fourth-order valence-corrected chi connectivity index (χ4v) is 2.11. The van der Waals surface area contributed by atoms with Gasteiger partial charge in [0, 0.05) is 22.8 Å². The average molecular weight is 304 g/mol. The summed E-state index contributed by atoms with van der Waals surface area (Å²) < 4.78 is 5.21. The van der Waals surface area contributed by atoms with Crippen LogP contribution in [-0.4, -0.2) is 12.5 Å². The van der Waals surface area contributed by atoms with E-state index in [4.69, 9.17) is 16.3 Å². The first-order valence-electron chi connectivity index (χ1n) is 6.85. The van der Waals surface area contributed by atoms with E-state index in [-0.39, 0.29) is 12.6 Å². The topological polar surface area (TPSA) is 38.3 Å². The number of carbonyl (C=O) groups excluding carboxylic acids is 1. The number of anilines is 1. The van der Waals surface area contributed by atoms with Crippen LogP contribution in [0.15, 0.2) is 48.5 Å². The first-order valence-corrected chi connectivity index (χ1v) is 7.23. The monoisotopic (exact) mass is 303 g/mol. The third kappa shape index (κ3) is 4.80. The van der Waals surface area contributed by atoms with Crippen molar-refractivity contribution in [2.24, 2.45) is 0 Å². The second-order valence-electron chi connectivity index (χ2n) is 4.74. The highest BCUT2D eigenvalue weighted by molar-refractivity contribution is 6.31. The van der Waals surface area contributed by atoms with Gasteiger partial charge in [0.05, 0.1) is 6.42 Å². The molecule has 0 saturated heterocycles. The number of hydrogen-bond acceptors (Lipinski definition) is 3. The predicted octanol–water partition coefficient (Wildman–Crippen LogP) is 4.19. The molecule has 0 heterocycles. The van der Waals surface area contributed by atoms with Crippen molar-refractivity contribution in [1.29, 1.82) is 0 Å². The highest BCUT2D eigenvalue weighted by Gasteiger charge is 2.05. The summed E-state index contributed by atoms with van der Waals surface area (Å²) in [6.45, 7) is 2.78. The summed E-state index contributed by atoms with van der Waals surface area (Å²) in [7, 11) is 0. The molecular formula is C17H18ClNO2. The van der Waals surface area contributed by atoms with E-state index >= 15 is 0 Å². The Morgan fingerprint density at radius 3 is 2.62 bits per heavy atom. The Morgan fingerprint density at radius 1 is 1.14 bits per heavy atom. The van der Waals surface area contributed by atoms with Crippen LogP contribution in [0.5, 0.6) is 0 Å². The zero-order chi connectivity index (χ0) is 15.1. The van der Waals surface area contributed by atoms with Crippen LogP contribution < -0.4 is 5.32 Å². The number of rotatable bonds is 6. The van der Waals surface area contributed by atoms with E-state index < -0.39 is 0 Å². The molecule has 3 nitrogen and oxygen atoms in total. The molecule has 0 spiro atoms. The summed E-state index contributed by atoms with van der Waals surface area (Å²) in [5.41, 5.74) is 3.01. The maximum atomic E-state index is 11.7. The first kappa shape index (κ1) is 15.4. The van der Waals surface area contributed by atoms with Crippen molar-refractivity contribution in [1.82, 2.24) is 0 Å². The van der Waals surface area contributed by atoms with E-state index in [9.17, 15) is 4.79 Å². The van der Waals surface area contributed by atoms with Crippen LogP contribution in [-0.2, 0) is 16.1 Å². The number of carbonyl (C=O) groups is 1. The third-order valence-corrected chi connectivity index (χ3v) is 3.50. The second-order valence-corrected chi connectivity index (χ2v) is 5.15. The number of halogens is 1. The summed E-state index contributed by atoms with van der Waals surface area (Å²) >= 11 is 6.01. The number of nitrogens with one attached hydrogen (secondary N) is 1. The molecule has 0 amide bonds. The molecule has 0 fully saturated rings. The molecule has 0 unspecified atom stereocenters. The summed E-state index contributed by atoms with van der Waals surface area (Å²) in [5.74, 6) is -0.240. The lowest BCUT2D eigenvalue weighted by Gasteiger charge is -2.09. The molecule has 2 rings (SSSR count). The van der Waals surface area contributed by atoms with Gasteiger partial charge in [-0.3, -0.25) is 4.79 Å². The summed E-state index contributed by atoms with van der Waals surface area (Å²) in [5, 5.41) is 3.84. The Labute approximate surface area is 129 Å². The van der Waals surface area contributed by atoms with Crippen LogP contribution in [0.1, 0.15) is 17.5 Å². The van der Waals surface area contributed by atoms with E-state index in [1.165, 1.54) is 0 Å². The van der Waals surface area contributed by atoms with E-state index in [1.807, 2.05) is 49.4 Å². The van der Waals surface area contributed by atoms with E-state index in [0.29, 0.717) is 18.0 Å². The SMILES string of the molecule is Cc1ccccc1NCCC(=O)OCc1ccccc1Cl. The minimum atomic E-state index is -0.240. The van der Waals surface area contributed by atoms with Crippen LogP contribution >= 0.6 is 11.6 Å². The number of hydrogen-bond donors (Lipinski definition) is 1. The van der Waals surface area contributed by atoms with Crippen molar-refractivity contribution in [3.63, 3.8) is 0 Å². The zero-order valence-corrected chi connectivity index (χ0v) is 12.7. The molecule has 0 bridgehead atoms. The molecule has 0 saturated carbocycles. The summed E-state index contributed by atoms with van der Waals surface area (Å²) in [6, 6.07) is 15.3. The van der Waals surface area contributed by atoms with Crippen molar-refractivity contribution in [2.45, 2.75) is 20.0 Å². The van der Waals surface area contributed by atoms with Crippen molar-refractivity contribution < 1.29 is 9.53 Å². The van der Waals surface area contributed by atoms with Crippen molar-refractivity contribution in [3.05, 3.63) is 64.7 Å². The predicted molar refractivity (Wildman–Crippen MR) is 85.5 cm³/mol. The van der Waals surface area contributed by atoms with Crippen LogP contribution in [0.25, 0.3) is 0 Å². The average Bonchev–Trinajstić information content (AvgIpc) is 2.48. The molecule has 1 N–H and O–H groups in total. The molecular weight excluding hydrogens is 286 g/mol. The summed E-state index contributed by atoms with van der Waals surface area (Å²) in [6.07, 6.45) is 0.318. The molecule has 110 valence electrons. The Bertz CT molecular complexity index is 613. The first-order chi connectivity index (χ1) is 10.2. The van der Waals surface area contributed by atoms with Crippen LogP contribution in [0.3, 0.4) is 0 Å². The van der Waals surface area contributed by atoms with E-state index in [2.05, 4.69) is 5.32 Å². The molecule has 0 aliphatic rings. The molecule has 21 heavy (non-hydrogen) atoms. The third-order valence-electron chi connectivity index (χ3n) is 3.14. The lowest BCUT2D eigenvalue weighted by atomic mass is 10.2. The van der Waals surface area contributed by atoms with Gasteiger partial charge in [-0.25, -0.2) is 0 Å². The van der Waals surface area contributed by atoms with Crippen molar-refractivity contribution in [3.8, 4) is 0 Å². The van der Waals surface area contributed by atoms with Crippen molar-refractivity contribution >= 4 is 23.3 Å². The molecule has 2 aromatic rings. The molecule has 0 atom stereocenters. The standard InChI is InChI=1S/C17H18ClNO2/c1-13-6-2-5-9-16(13)19-11-10-17(20)21-12-14-7-3-4-8-15(14)18/h2-9,19H,10-12H2,1H3. The van der Waals surface area contributed by atoms with Gasteiger partial charge in [0.2, 0.25) is 0 Å². The molecule has 0 aliphatic heterocycles. The number of para-hydroxylation sites is 1. The number of aryl methyl sites for hydroxylation is 1. The Morgan fingerprint density at radius 2 is 1.86 bits per heavy atom. The maximum Gasteiger partial charge on any atom is 0.307 e. The fraction of sp³-hybridized carbons (Fsp3) is 0.235.